The molecule has 158 valence electrons. The maximum absolute atomic E-state index is 13.5. The Morgan fingerprint density at radius 3 is 2.47 bits per heavy atom. The second kappa shape index (κ2) is 8.86. The number of methoxy groups -OCH3 is 1. The zero-order valence-corrected chi connectivity index (χ0v) is 17.0. The molecule has 0 saturated heterocycles. The SMILES string of the molecule is COc1ccc(CC#Cc2ccc3c(c2)C(=O)/C(=C\c2ccc(F)c(F)c2)C(=O)N3)cc1. The number of nitrogens with one attached hydrogen (secondary N) is 1. The first-order valence-electron chi connectivity index (χ1n) is 9.73. The molecular weight excluding hydrogens is 412 g/mol. The molecule has 0 aromatic heterocycles. The van der Waals surface area contributed by atoms with Crippen LogP contribution in [0, 0.1) is 23.5 Å². The van der Waals surface area contributed by atoms with Crippen molar-refractivity contribution in [3.8, 4) is 17.6 Å². The van der Waals surface area contributed by atoms with Gasteiger partial charge >= 0.3 is 0 Å². The van der Waals surface area contributed by atoms with Gasteiger partial charge in [-0.2, -0.15) is 0 Å². The Morgan fingerprint density at radius 1 is 0.969 bits per heavy atom. The molecule has 32 heavy (non-hydrogen) atoms. The minimum absolute atomic E-state index is 0.160. The summed E-state index contributed by atoms with van der Waals surface area (Å²) >= 11 is 0. The normalized spacial score (nSPS) is 13.8. The van der Waals surface area contributed by atoms with E-state index in [1.165, 1.54) is 12.1 Å². The summed E-state index contributed by atoms with van der Waals surface area (Å²) < 4.78 is 31.8. The number of amides is 1. The lowest BCUT2D eigenvalue weighted by Gasteiger charge is -2.18. The molecule has 0 unspecified atom stereocenters. The van der Waals surface area contributed by atoms with Gasteiger partial charge in [-0.1, -0.05) is 30.0 Å². The predicted octanol–water partition coefficient (Wildman–Crippen LogP) is 4.79. The fourth-order valence-corrected chi connectivity index (χ4v) is 3.25. The van der Waals surface area contributed by atoms with E-state index in [0.29, 0.717) is 17.7 Å². The number of anilines is 1. The van der Waals surface area contributed by atoms with Crippen molar-refractivity contribution in [1.82, 2.24) is 0 Å². The minimum Gasteiger partial charge on any atom is -0.497 e. The number of carbonyl (C=O) groups excluding carboxylic acids is 2. The van der Waals surface area contributed by atoms with Gasteiger partial charge in [0, 0.05) is 17.5 Å². The molecule has 0 fully saturated rings. The molecule has 0 spiro atoms. The molecule has 4 rings (SSSR count). The summed E-state index contributed by atoms with van der Waals surface area (Å²) in [6, 6.07) is 15.7. The van der Waals surface area contributed by atoms with E-state index >= 15 is 0 Å². The quantitative estimate of drug-likeness (QED) is 0.370. The number of hydrogen-bond donors (Lipinski definition) is 1. The van der Waals surface area contributed by atoms with Gasteiger partial charge in [-0.05, 0) is 59.7 Å². The van der Waals surface area contributed by atoms with E-state index in [2.05, 4.69) is 17.2 Å². The summed E-state index contributed by atoms with van der Waals surface area (Å²) in [6.07, 6.45) is 1.76. The van der Waals surface area contributed by atoms with Crippen LogP contribution >= 0.6 is 0 Å². The lowest BCUT2D eigenvalue weighted by atomic mass is 9.93. The second-order valence-corrected chi connectivity index (χ2v) is 7.10. The van der Waals surface area contributed by atoms with E-state index in [1.54, 1.807) is 25.3 Å². The number of ether oxygens (including phenoxy) is 1. The van der Waals surface area contributed by atoms with Crippen LogP contribution in [0.15, 0.2) is 66.2 Å². The summed E-state index contributed by atoms with van der Waals surface area (Å²) in [7, 11) is 1.60. The van der Waals surface area contributed by atoms with Crippen molar-refractivity contribution in [3.63, 3.8) is 0 Å². The van der Waals surface area contributed by atoms with E-state index in [-0.39, 0.29) is 16.7 Å². The number of Topliss-reactive ketones (excluding diaryl/α,β-unsaturated/α-hetero) is 1. The first-order valence-corrected chi connectivity index (χ1v) is 9.73. The van der Waals surface area contributed by atoms with Crippen LogP contribution in [0.2, 0.25) is 0 Å². The number of fused-ring (bicyclic) bond motifs is 1. The molecule has 1 aliphatic heterocycles. The van der Waals surface area contributed by atoms with Crippen molar-refractivity contribution in [3.05, 3.63) is 100 Å². The molecular formula is C26H17F2NO3. The van der Waals surface area contributed by atoms with Gasteiger partial charge in [0.15, 0.2) is 11.6 Å². The maximum atomic E-state index is 13.5. The maximum Gasteiger partial charge on any atom is 0.259 e. The molecule has 3 aromatic carbocycles. The van der Waals surface area contributed by atoms with Crippen LogP contribution < -0.4 is 10.1 Å². The van der Waals surface area contributed by atoms with Crippen molar-refractivity contribution in [2.45, 2.75) is 6.42 Å². The smallest absolute Gasteiger partial charge is 0.259 e. The number of carbonyl (C=O) groups is 2. The highest BCUT2D eigenvalue weighted by Gasteiger charge is 2.28. The van der Waals surface area contributed by atoms with E-state index < -0.39 is 23.3 Å². The third-order valence-corrected chi connectivity index (χ3v) is 4.94. The van der Waals surface area contributed by atoms with Crippen LogP contribution in [0.3, 0.4) is 0 Å². The Bertz CT molecular complexity index is 1320. The van der Waals surface area contributed by atoms with Crippen molar-refractivity contribution >= 4 is 23.5 Å². The van der Waals surface area contributed by atoms with Crippen molar-refractivity contribution in [1.29, 1.82) is 0 Å². The van der Waals surface area contributed by atoms with Crippen LogP contribution in [-0.4, -0.2) is 18.8 Å². The average Bonchev–Trinajstić information content (AvgIpc) is 2.80. The Labute approximate surface area is 183 Å². The zero-order chi connectivity index (χ0) is 22.7. The summed E-state index contributed by atoms with van der Waals surface area (Å²) in [5, 5.41) is 2.65. The Morgan fingerprint density at radius 2 is 1.75 bits per heavy atom. The second-order valence-electron chi connectivity index (χ2n) is 7.10. The first-order chi connectivity index (χ1) is 15.4. The van der Waals surface area contributed by atoms with Gasteiger partial charge in [-0.3, -0.25) is 9.59 Å². The van der Waals surface area contributed by atoms with E-state index in [1.807, 2.05) is 24.3 Å². The number of rotatable bonds is 3. The van der Waals surface area contributed by atoms with Crippen LogP contribution in [-0.2, 0) is 11.2 Å². The van der Waals surface area contributed by atoms with Crippen LogP contribution in [0.1, 0.15) is 27.0 Å². The van der Waals surface area contributed by atoms with Gasteiger partial charge in [0.25, 0.3) is 5.91 Å². The molecule has 0 radical (unpaired) electrons. The van der Waals surface area contributed by atoms with Crippen LogP contribution in [0.5, 0.6) is 5.75 Å². The third kappa shape index (κ3) is 4.42. The lowest BCUT2D eigenvalue weighted by Crippen LogP contribution is -2.27. The van der Waals surface area contributed by atoms with Crippen LogP contribution in [0.4, 0.5) is 14.5 Å². The molecule has 0 saturated carbocycles. The molecule has 4 nitrogen and oxygen atoms in total. The topological polar surface area (TPSA) is 55.4 Å². The average molecular weight is 429 g/mol. The van der Waals surface area contributed by atoms with Gasteiger partial charge in [0.1, 0.15) is 5.75 Å². The number of halogens is 2. The third-order valence-electron chi connectivity index (χ3n) is 4.94. The predicted molar refractivity (Wildman–Crippen MR) is 117 cm³/mol. The fourth-order valence-electron chi connectivity index (χ4n) is 3.25. The zero-order valence-electron chi connectivity index (χ0n) is 17.0. The standard InChI is InChI=1S/C26H17F2NO3/c1-32-19-9-5-16(6-10-19)3-2-4-17-8-12-24-20(13-17)25(30)21(26(31)29-24)14-18-7-11-22(27)23(28)15-18/h5-15H,3H2,1H3,(H,29,31)/b21-14+. The highest BCUT2D eigenvalue weighted by molar-refractivity contribution is 6.36. The van der Waals surface area contributed by atoms with E-state index in [4.69, 9.17) is 4.74 Å². The Balaban J connectivity index is 1.58. The van der Waals surface area contributed by atoms with Gasteiger partial charge in [-0.25, -0.2) is 8.78 Å². The lowest BCUT2D eigenvalue weighted by molar-refractivity contribution is -0.112. The molecule has 1 aliphatic rings. The van der Waals surface area contributed by atoms with Gasteiger partial charge < -0.3 is 10.1 Å². The van der Waals surface area contributed by atoms with Crippen molar-refractivity contribution < 1.29 is 23.1 Å². The molecule has 3 aromatic rings. The molecule has 0 atom stereocenters. The monoisotopic (exact) mass is 429 g/mol. The number of benzene rings is 3. The van der Waals surface area contributed by atoms with Gasteiger partial charge in [0.05, 0.1) is 18.4 Å². The molecule has 1 amide bonds. The summed E-state index contributed by atoms with van der Waals surface area (Å²) in [4.78, 5) is 25.3. The summed E-state index contributed by atoms with van der Waals surface area (Å²) in [6.45, 7) is 0. The first kappa shape index (κ1) is 21.0. The minimum atomic E-state index is -1.06. The largest absolute Gasteiger partial charge is 0.497 e. The number of hydrogen-bond acceptors (Lipinski definition) is 3. The molecule has 0 aliphatic carbocycles. The fraction of sp³-hybridized carbons (Fsp3) is 0.0769. The Kier molecular flexibility index (Phi) is 5.82. The molecule has 0 bridgehead atoms. The molecule has 1 heterocycles. The Hall–Kier alpha value is -4.24. The number of ketones is 1. The molecule has 1 N–H and O–H groups in total. The van der Waals surface area contributed by atoms with Crippen molar-refractivity contribution in [2.75, 3.05) is 12.4 Å². The van der Waals surface area contributed by atoms with Crippen LogP contribution in [0.25, 0.3) is 6.08 Å². The highest BCUT2D eigenvalue weighted by atomic mass is 19.2. The summed E-state index contributed by atoms with van der Waals surface area (Å²) in [5.41, 5.74) is 2.36. The van der Waals surface area contributed by atoms with Gasteiger partial charge in [0.2, 0.25) is 5.78 Å². The van der Waals surface area contributed by atoms with Crippen molar-refractivity contribution in [2.24, 2.45) is 0 Å². The van der Waals surface area contributed by atoms with E-state index in [9.17, 15) is 18.4 Å². The van der Waals surface area contributed by atoms with E-state index in [0.717, 1.165) is 23.4 Å². The van der Waals surface area contributed by atoms with Gasteiger partial charge in [-0.15, -0.1) is 0 Å². The highest BCUT2D eigenvalue weighted by Crippen LogP contribution is 2.27. The molecule has 6 heteroatoms. The summed E-state index contributed by atoms with van der Waals surface area (Å²) in [5.74, 6) is 3.68.